The summed E-state index contributed by atoms with van der Waals surface area (Å²) in [4.78, 5) is 5.01. The zero-order valence-corrected chi connectivity index (χ0v) is 10.1. The number of piperazine rings is 1. The number of likely N-dealkylation sites (tertiary alicyclic amines) is 1. The zero-order chi connectivity index (χ0) is 11.2. The van der Waals surface area contributed by atoms with Gasteiger partial charge in [0.2, 0.25) is 0 Å². The molecule has 1 N–H and O–H groups in total. The van der Waals surface area contributed by atoms with Gasteiger partial charge in [0.05, 0.1) is 6.54 Å². The van der Waals surface area contributed by atoms with Gasteiger partial charge in [-0.1, -0.05) is 5.92 Å². The van der Waals surface area contributed by atoms with Gasteiger partial charge in [-0.2, -0.15) is 0 Å². The first-order valence-corrected chi connectivity index (χ1v) is 6.47. The number of nitrogens with zero attached hydrogens (tertiary/aromatic N) is 2. The van der Waals surface area contributed by atoms with Gasteiger partial charge >= 0.3 is 0 Å². The molecule has 2 aliphatic rings. The molecule has 0 aromatic heterocycles. The smallest absolute Gasteiger partial charge is 0.0598 e. The van der Waals surface area contributed by atoms with Crippen LogP contribution in [0.1, 0.15) is 12.8 Å². The van der Waals surface area contributed by atoms with Crippen molar-refractivity contribution in [2.45, 2.75) is 12.8 Å². The number of terminal acetylenes is 1. The maximum absolute atomic E-state index is 5.34. The van der Waals surface area contributed by atoms with E-state index in [1.807, 2.05) is 0 Å². The molecule has 2 heterocycles. The Bertz CT molecular complexity index is 232. The SMILES string of the molecule is C#CCN1CCC(CN2CCNCC2)CC1. The molecule has 0 aliphatic carbocycles. The third kappa shape index (κ3) is 3.48. The van der Waals surface area contributed by atoms with E-state index in [4.69, 9.17) is 6.42 Å². The fraction of sp³-hybridized carbons (Fsp3) is 0.846. The second kappa shape index (κ2) is 6.24. The first-order chi connectivity index (χ1) is 7.88. The zero-order valence-electron chi connectivity index (χ0n) is 10.1. The number of hydrogen-bond donors (Lipinski definition) is 1. The highest BCUT2D eigenvalue weighted by molar-refractivity contribution is 4.90. The number of piperidine rings is 1. The standard InChI is InChI=1S/C13H23N3/c1-2-7-15-8-3-13(4-9-15)12-16-10-5-14-6-11-16/h1,13-14H,3-12H2. The molecule has 0 aromatic carbocycles. The topological polar surface area (TPSA) is 18.5 Å². The summed E-state index contributed by atoms with van der Waals surface area (Å²) in [6, 6.07) is 0. The van der Waals surface area contributed by atoms with E-state index in [-0.39, 0.29) is 0 Å². The Kier molecular flexibility index (Phi) is 4.65. The van der Waals surface area contributed by atoms with Crippen LogP contribution in [0.3, 0.4) is 0 Å². The van der Waals surface area contributed by atoms with Crippen molar-refractivity contribution in [2.75, 3.05) is 52.4 Å². The largest absolute Gasteiger partial charge is 0.314 e. The van der Waals surface area contributed by atoms with Crippen molar-refractivity contribution in [1.29, 1.82) is 0 Å². The van der Waals surface area contributed by atoms with Crippen LogP contribution in [-0.2, 0) is 0 Å². The quantitative estimate of drug-likeness (QED) is 0.689. The van der Waals surface area contributed by atoms with Gasteiger partial charge in [0.15, 0.2) is 0 Å². The first kappa shape index (κ1) is 11.9. The second-order valence-electron chi connectivity index (χ2n) is 4.97. The fourth-order valence-electron chi connectivity index (χ4n) is 2.72. The van der Waals surface area contributed by atoms with Crippen molar-refractivity contribution in [3.05, 3.63) is 0 Å². The highest BCUT2D eigenvalue weighted by atomic mass is 15.2. The molecule has 0 spiro atoms. The van der Waals surface area contributed by atoms with Crippen LogP contribution in [0.4, 0.5) is 0 Å². The molecule has 2 rings (SSSR count). The van der Waals surface area contributed by atoms with E-state index in [2.05, 4.69) is 21.0 Å². The summed E-state index contributed by atoms with van der Waals surface area (Å²) in [6.07, 6.45) is 7.99. The number of rotatable bonds is 3. The van der Waals surface area contributed by atoms with Gasteiger partial charge < -0.3 is 10.2 Å². The molecule has 3 nitrogen and oxygen atoms in total. The molecule has 0 radical (unpaired) electrons. The van der Waals surface area contributed by atoms with Crippen LogP contribution in [0.15, 0.2) is 0 Å². The molecule has 2 aliphatic heterocycles. The Hall–Kier alpha value is -0.560. The number of nitrogens with one attached hydrogen (secondary N) is 1. The minimum atomic E-state index is 0.834. The molecule has 0 unspecified atom stereocenters. The molecule has 0 saturated carbocycles. The molecule has 2 fully saturated rings. The molecule has 3 heteroatoms. The Morgan fingerprint density at radius 1 is 1.06 bits per heavy atom. The molecule has 16 heavy (non-hydrogen) atoms. The van der Waals surface area contributed by atoms with Gasteiger partial charge in [-0.3, -0.25) is 4.90 Å². The van der Waals surface area contributed by atoms with Crippen molar-refractivity contribution in [1.82, 2.24) is 15.1 Å². The molecule has 0 bridgehead atoms. The van der Waals surface area contributed by atoms with Crippen LogP contribution < -0.4 is 5.32 Å². The summed E-state index contributed by atoms with van der Waals surface area (Å²) < 4.78 is 0. The van der Waals surface area contributed by atoms with Crippen LogP contribution in [-0.4, -0.2) is 62.2 Å². The van der Waals surface area contributed by atoms with E-state index in [1.54, 1.807) is 0 Å². The number of hydrogen-bond acceptors (Lipinski definition) is 3. The van der Waals surface area contributed by atoms with Gasteiger partial charge in [-0.25, -0.2) is 0 Å². The molecule has 0 aromatic rings. The Balaban J connectivity index is 1.66. The Labute approximate surface area is 99.2 Å². The van der Waals surface area contributed by atoms with Crippen LogP contribution in [0.2, 0.25) is 0 Å². The fourth-order valence-corrected chi connectivity index (χ4v) is 2.72. The summed E-state index contributed by atoms with van der Waals surface area (Å²) in [5, 5.41) is 3.40. The van der Waals surface area contributed by atoms with E-state index < -0.39 is 0 Å². The molecule has 0 atom stereocenters. The lowest BCUT2D eigenvalue weighted by Gasteiger charge is -2.35. The van der Waals surface area contributed by atoms with Crippen molar-refractivity contribution in [3.63, 3.8) is 0 Å². The third-order valence-electron chi connectivity index (χ3n) is 3.75. The Morgan fingerprint density at radius 2 is 1.75 bits per heavy atom. The summed E-state index contributed by atoms with van der Waals surface area (Å²) in [5.74, 6) is 3.64. The second-order valence-corrected chi connectivity index (χ2v) is 4.97. The lowest BCUT2D eigenvalue weighted by molar-refractivity contribution is 0.144. The average molecular weight is 221 g/mol. The maximum Gasteiger partial charge on any atom is 0.0598 e. The van der Waals surface area contributed by atoms with Gasteiger partial charge in [0.1, 0.15) is 0 Å². The normalized spacial score (nSPS) is 25.4. The lowest BCUT2D eigenvalue weighted by Crippen LogP contribution is -2.46. The van der Waals surface area contributed by atoms with E-state index in [0.29, 0.717) is 0 Å². The van der Waals surface area contributed by atoms with Crippen LogP contribution in [0.25, 0.3) is 0 Å². The molecular formula is C13H23N3. The van der Waals surface area contributed by atoms with Crippen LogP contribution >= 0.6 is 0 Å². The molecule has 2 saturated heterocycles. The van der Waals surface area contributed by atoms with E-state index in [0.717, 1.165) is 25.6 Å². The van der Waals surface area contributed by atoms with Crippen molar-refractivity contribution in [2.24, 2.45) is 5.92 Å². The predicted molar refractivity (Wildman–Crippen MR) is 67.3 cm³/mol. The van der Waals surface area contributed by atoms with Gasteiger partial charge in [-0.05, 0) is 31.8 Å². The molecular weight excluding hydrogens is 198 g/mol. The van der Waals surface area contributed by atoms with E-state index in [9.17, 15) is 0 Å². The monoisotopic (exact) mass is 221 g/mol. The average Bonchev–Trinajstić information content (AvgIpc) is 2.33. The lowest BCUT2D eigenvalue weighted by atomic mass is 9.96. The van der Waals surface area contributed by atoms with E-state index >= 15 is 0 Å². The summed E-state index contributed by atoms with van der Waals surface area (Å²) in [6.45, 7) is 9.30. The first-order valence-electron chi connectivity index (χ1n) is 6.47. The minimum Gasteiger partial charge on any atom is -0.314 e. The maximum atomic E-state index is 5.34. The Morgan fingerprint density at radius 3 is 2.38 bits per heavy atom. The third-order valence-corrected chi connectivity index (χ3v) is 3.75. The van der Waals surface area contributed by atoms with Crippen molar-refractivity contribution >= 4 is 0 Å². The van der Waals surface area contributed by atoms with Gasteiger partial charge in [0, 0.05) is 32.7 Å². The summed E-state index contributed by atoms with van der Waals surface area (Å²) in [7, 11) is 0. The van der Waals surface area contributed by atoms with Gasteiger partial charge in [-0.15, -0.1) is 6.42 Å². The highest BCUT2D eigenvalue weighted by Gasteiger charge is 2.21. The molecule has 0 amide bonds. The summed E-state index contributed by atoms with van der Waals surface area (Å²) >= 11 is 0. The van der Waals surface area contributed by atoms with Crippen LogP contribution in [0, 0.1) is 18.3 Å². The molecule has 90 valence electrons. The van der Waals surface area contributed by atoms with Crippen molar-refractivity contribution < 1.29 is 0 Å². The van der Waals surface area contributed by atoms with Crippen molar-refractivity contribution in [3.8, 4) is 12.3 Å². The summed E-state index contributed by atoms with van der Waals surface area (Å²) in [5.41, 5.74) is 0. The van der Waals surface area contributed by atoms with Crippen LogP contribution in [0.5, 0.6) is 0 Å². The highest BCUT2D eigenvalue weighted by Crippen LogP contribution is 2.18. The van der Waals surface area contributed by atoms with E-state index in [1.165, 1.54) is 45.6 Å². The van der Waals surface area contributed by atoms with Gasteiger partial charge in [0.25, 0.3) is 0 Å². The minimum absolute atomic E-state index is 0.834. The predicted octanol–water partition coefficient (Wildman–Crippen LogP) is 0.237.